The fraction of sp³-hybridized carbons (Fsp3) is 0.500. The van der Waals surface area contributed by atoms with Gasteiger partial charge in [0.2, 0.25) is 15.9 Å². The van der Waals surface area contributed by atoms with Gasteiger partial charge in [0, 0.05) is 63.1 Å². The molecule has 0 radical (unpaired) electrons. The molecule has 1 aromatic heterocycles. The fourth-order valence-electron chi connectivity index (χ4n) is 4.77. The molecule has 2 aliphatic rings. The van der Waals surface area contributed by atoms with Crippen molar-refractivity contribution in [1.82, 2.24) is 19.1 Å². The Morgan fingerprint density at radius 3 is 2.09 bits per heavy atom. The highest BCUT2D eigenvalue weighted by atomic mass is 32.2. The molecule has 3 heterocycles. The molecule has 0 aliphatic carbocycles. The van der Waals surface area contributed by atoms with Gasteiger partial charge >= 0.3 is 0 Å². The lowest BCUT2D eigenvalue weighted by Gasteiger charge is -2.38. The second kappa shape index (κ2) is 10.9. The van der Waals surface area contributed by atoms with Crippen LogP contribution in [0.2, 0.25) is 0 Å². The Bertz CT molecular complexity index is 1120. The van der Waals surface area contributed by atoms with Crippen molar-refractivity contribution in [3.05, 3.63) is 59.9 Å². The van der Waals surface area contributed by atoms with Crippen LogP contribution in [-0.2, 0) is 14.8 Å². The Kier molecular flexibility index (Phi) is 7.86. The molecule has 2 amide bonds. The summed E-state index contributed by atoms with van der Waals surface area (Å²) >= 11 is 0. The number of carbonyl (C=O) groups is 2. The highest BCUT2D eigenvalue weighted by Crippen LogP contribution is 2.25. The minimum Gasteiger partial charge on any atom is -0.340 e. The van der Waals surface area contributed by atoms with E-state index in [1.807, 2.05) is 12.1 Å². The van der Waals surface area contributed by atoms with E-state index < -0.39 is 10.0 Å². The second-order valence-corrected chi connectivity index (χ2v) is 11.3. The highest BCUT2D eigenvalue weighted by molar-refractivity contribution is 7.89. The summed E-state index contributed by atoms with van der Waals surface area (Å²) in [7, 11) is -3.58. The predicted octanol–water partition coefficient (Wildman–Crippen LogP) is 2.98. The maximum atomic E-state index is 13.1. The van der Waals surface area contributed by atoms with Gasteiger partial charge in [-0.15, -0.1) is 0 Å². The number of aromatic nitrogens is 1. The molecule has 35 heavy (non-hydrogen) atoms. The van der Waals surface area contributed by atoms with E-state index in [4.69, 9.17) is 0 Å². The Morgan fingerprint density at radius 2 is 1.51 bits per heavy atom. The van der Waals surface area contributed by atoms with Gasteiger partial charge in [-0.25, -0.2) is 8.42 Å². The second-order valence-electron chi connectivity index (χ2n) is 9.41. The smallest absolute Gasteiger partial charge is 0.253 e. The number of hydrogen-bond acceptors (Lipinski definition) is 5. The van der Waals surface area contributed by atoms with E-state index in [1.165, 1.54) is 4.31 Å². The van der Waals surface area contributed by atoms with Crippen LogP contribution in [0.3, 0.4) is 0 Å². The van der Waals surface area contributed by atoms with Crippen LogP contribution in [0.25, 0.3) is 0 Å². The summed E-state index contributed by atoms with van der Waals surface area (Å²) in [4.78, 5) is 33.6. The van der Waals surface area contributed by atoms with Crippen molar-refractivity contribution < 1.29 is 18.0 Å². The zero-order valence-corrected chi connectivity index (χ0v) is 21.3. The van der Waals surface area contributed by atoms with E-state index in [-0.39, 0.29) is 17.7 Å². The van der Waals surface area contributed by atoms with Gasteiger partial charge in [0.1, 0.15) is 0 Å². The van der Waals surface area contributed by atoms with Crippen LogP contribution in [0.4, 0.5) is 0 Å². The van der Waals surface area contributed by atoms with Crippen LogP contribution in [-0.4, -0.2) is 78.6 Å². The minimum absolute atomic E-state index is 0.0331. The van der Waals surface area contributed by atoms with Gasteiger partial charge in [-0.05, 0) is 55.0 Å². The number of amides is 2. The number of piperidine rings is 1. The van der Waals surface area contributed by atoms with Gasteiger partial charge < -0.3 is 9.80 Å². The third kappa shape index (κ3) is 5.56. The van der Waals surface area contributed by atoms with Crippen molar-refractivity contribution in [2.45, 2.75) is 43.9 Å². The summed E-state index contributed by atoms with van der Waals surface area (Å²) < 4.78 is 27.7. The number of carbonyl (C=O) groups excluding carboxylic acids is 2. The molecule has 0 bridgehead atoms. The highest BCUT2D eigenvalue weighted by Gasteiger charge is 2.34. The third-order valence-electron chi connectivity index (χ3n) is 7.31. The molecular weight excluding hydrogens is 464 g/mol. The van der Waals surface area contributed by atoms with E-state index in [2.05, 4.69) is 18.8 Å². The number of nitrogens with zero attached hydrogens (tertiary/aromatic N) is 4. The van der Waals surface area contributed by atoms with Crippen molar-refractivity contribution in [3.8, 4) is 0 Å². The molecule has 2 saturated heterocycles. The van der Waals surface area contributed by atoms with Crippen molar-refractivity contribution in [3.63, 3.8) is 0 Å². The number of rotatable bonds is 6. The molecule has 2 fully saturated rings. The van der Waals surface area contributed by atoms with Crippen molar-refractivity contribution in [1.29, 1.82) is 0 Å². The molecular formula is C26H34N4O4S. The average Bonchev–Trinajstić information content (AvgIpc) is 2.92. The Morgan fingerprint density at radius 1 is 0.914 bits per heavy atom. The Balaban J connectivity index is 1.29. The van der Waals surface area contributed by atoms with Crippen LogP contribution < -0.4 is 0 Å². The van der Waals surface area contributed by atoms with Crippen LogP contribution >= 0.6 is 0 Å². The SMILES string of the molecule is CCC(C)c1ccc(S(=O)(=O)N2CCN(C(=O)C3CCN(C(=O)c4ccncc4)CC3)CC2)cc1. The van der Waals surface area contributed by atoms with Crippen molar-refractivity contribution in [2.24, 2.45) is 5.92 Å². The molecule has 0 N–H and O–H groups in total. The first-order chi connectivity index (χ1) is 16.8. The maximum Gasteiger partial charge on any atom is 0.253 e. The van der Waals surface area contributed by atoms with Crippen molar-refractivity contribution in [2.75, 3.05) is 39.3 Å². The normalized spacial score (nSPS) is 18.9. The zero-order chi connectivity index (χ0) is 25.0. The molecule has 1 unspecified atom stereocenters. The molecule has 2 aliphatic heterocycles. The summed E-state index contributed by atoms with van der Waals surface area (Å²) in [6.07, 6.45) is 5.45. The van der Waals surface area contributed by atoms with Gasteiger partial charge in [0.25, 0.3) is 5.91 Å². The van der Waals surface area contributed by atoms with Gasteiger partial charge in [-0.3, -0.25) is 14.6 Å². The summed E-state index contributed by atoms with van der Waals surface area (Å²) in [5.74, 6) is 0.292. The number of benzene rings is 1. The quantitative estimate of drug-likeness (QED) is 0.611. The first-order valence-electron chi connectivity index (χ1n) is 12.4. The number of likely N-dealkylation sites (tertiary alicyclic amines) is 1. The molecule has 0 spiro atoms. The first-order valence-corrected chi connectivity index (χ1v) is 13.8. The van der Waals surface area contributed by atoms with E-state index in [0.29, 0.717) is 68.5 Å². The molecule has 188 valence electrons. The molecule has 1 atom stereocenters. The molecule has 1 aromatic carbocycles. The maximum absolute atomic E-state index is 13.1. The number of pyridine rings is 1. The van der Waals surface area contributed by atoms with Crippen LogP contribution in [0, 0.1) is 5.92 Å². The largest absolute Gasteiger partial charge is 0.340 e. The molecule has 0 saturated carbocycles. The standard InChI is InChI=1S/C26H34N4O4S/c1-3-20(2)21-4-6-24(7-5-21)35(33,34)30-18-16-29(17-19-30)26(32)23-10-14-28(15-11-23)25(31)22-8-12-27-13-9-22/h4-9,12-13,20,23H,3,10-11,14-19H2,1-2H3. The molecule has 2 aromatic rings. The van der Waals surface area contributed by atoms with E-state index in [9.17, 15) is 18.0 Å². The Labute approximate surface area is 208 Å². The van der Waals surface area contributed by atoms with Crippen LogP contribution in [0.15, 0.2) is 53.7 Å². The van der Waals surface area contributed by atoms with E-state index in [0.717, 1.165) is 12.0 Å². The number of piperazine rings is 1. The minimum atomic E-state index is -3.58. The summed E-state index contributed by atoms with van der Waals surface area (Å²) in [6.45, 7) is 6.68. The third-order valence-corrected chi connectivity index (χ3v) is 9.22. The first kappa shape index (κ1) is 25.3. The van der Waals surface area contributed by atoms with E-state index in [1.54, 1.807) is 46.5 Å². The van der Waals surface area contributed by atoms with Crippen LogP contribution in [0.5, 0.6) is 0 Å². The van der Waals surface area contributed by atoms with Crippen LogP contribution in [0.1, 0.15) is 54.9 Å². The molecule has 4 rings (SSSR count). The monoisotopic (exact) mass is 498 g/mol. The lowest BCUT2D eigenvalue weighted by molar-refractivity contribution is -0.138. The summed E-state index contributed by atoms with van der Waals surface area (Å²) in [5.41, 5.74) is 1.74. The Hall–Kier alpha value is -2.78. The average molecular weight is 499 g/mol. The lowest BCUT2D eigenvalue weighted by atomic mass is 9.94. The predicted molar refractivity (Wildman–Crippen MR) is 133 cm³/mol. The van der Waals surface area contributed by atoms with Gasteiger partial charge in [0.05, 0.1) is 4.90 Å². The topological polar surface area (TPSA) is 90.9 Å². The molecule has 8 nitrogen and oxygen atoms in total. The van der Waals surface area contributed by atoms with Gasteiger partial charge in [0.15, 0.2) is 0 Å². The fourth-order valence-corrected chi connectivity index (χ4v) is 6.19. The summed E-state index contributed by atoms with van der Waals surface area (Å²) in [5, 5.41) is 0. The van der Waals surface area contributed by atoms with Crippen molar-refractivity contribution >= 4 is 21.8 Å². The van der Waals surface area contributed by atoms with Gasteiger partial charge in [-0.1, -0.05) is 26.0 Å². The lowest BCUT2D eigenvalue weighted by Crippen LogP contribution is -2.53. The number of sulfonamides is 1. The number of hydrogen-bond donors (Lipinski definition) is 0. The molecule has 9 heteroatoms. The zero-order valence-electron chi connectivity index (χ0n) is 20.5. The van der Waals surface area contributed by atoms with E-state index >= 15 is 0 Å². The summed E-state index contributed by atoms with van der Waals surface area (Å²) in [6, 6.07) is 10.6. The van der Waals surface area contributed by atoms with Gasteiger partial charge in [-0.2, -0.15) is 4.31 Å².